The number of hydrogen-bond acceptors (Lipinski definition) is 3. The predicted octanol–water partition coefficient (Wildman–Crippen LogP) is 6.22. The Morgan fingerprint density at radius 3 is 2.45 bits per heavy atom. The maximum Gasteiger partial charge on any atom is 0.430 e. The van der Waals surface area contributed by atoms with E-state index in [4.69, 9.17) is 26.2 Å². The Hall–Kier alpha value is -2.67. The van der Waals surface area contributed by atoms with Crippen LogP contribution in [0.15, 0.2) is 42.0 Å². The first-order valence-corrected chi connectivity index (χ1v) is 9.04. The lowest BCUT2D eigenvalue weighted by Crippen LogP contribution is -2.40. The lowest BCUT2D eigenvalue weighted by Gasteiger charge is -2.27. The van der Waals surface area contributed by atoms with Gasteiger partial charge in [-0.05, 0) is 35.3 Å². The van der Waals surface area contributed by atoms with E-state index in [0.29, 0.717) is 5.75 Å². The van der Waals surface area contributed by atoms with Crippen molar-refractivity contribution in [1.29, 1.82) is 0 Å². The number of alkyl halides is 3. The predicted molar refractivity (Wildman–Crippen MR) is 103 cm³/mol. The lowest BCUT2D eigenvalue weighted by molar-refractivity contribution is -0.187. The largest absolute Gasteiger partial charge is 0.478 e. The van der Waals surface area contributed by atoms with E-state index >= 15 is 0 Å². The molecule has 2 aromatic carbocycles. The van der Waals surface area contributed by atoms with Crippen molar-refractivity contribution in [2.75, 3.05) is 0 Å². The van der Waals surface area contributed by atoms with E-state index in [1.165, 1.54) is 12.1 Å². The number of hydrogen-bond donors (Lipinski definition) is 1. The molecule has 1 aliphatic heterocycles. The van der Waals surface area contributed by atoms with Crippen molar-refractivity contribution in [3.05, 3.63) is 58.1 Å². The Morgan fingerprint density at radius 1 is 1.17 bits per heavy atom. The van der Waals surface area contributed by atoms with Gasteiger partial charge in [-0.25, -0.2) is 4.79 Å². The van der Waals surface area contributed by atoms with Crippen molar-refractivity contribution in [2.24, 2.45) is 0 Å². The van der Waals surface area contributed by atoms with Gasteiger partial charge in [0.25, 0.3) is 0 Å². The Bertz CT molecular complexity index is 990. The molecule has 0 saturated heterocycles. The minimum Gasteiger partial charge on any atom is -0.478 e. The third kappa shape index (κ3) is 4.50. The zero-order valence-corrected chi connectivity index (χ0v) is 16.6. The van der Waals surface area contributed by atoms with Gasteiger partial charge in [-0.15, -0.1) is 0 Å². The number of aliphatic carboxylic acids is 1. The molecule has 8 heteroatoms. The molecule has 0 bridgehead atoms. The number of ether oxygens (including phenoxy) is 2. The number of carboxylic acid groups (broad SMARTS) is 1. The van der Waals surface area contributed by atoms with E-state index in [9.17, 15) is 18.0 Å². The first-order valence-electron chi connectivity index (χ1n) is 8.66. The maximum absolute atomic E-state index is 13.2. The molecule has 3 rings (SSSR count). The van der Waals surface area contributed by atoms with E-state index in [-0.39, 0.29) is 27.5 Å². The van der Waals surface area contributed by atoms with Gasteiger partial charge in [0.1, 0.15) is 17.2 Å². The number of benzene rings is 2. The van der Waals surface area contributed by atoms with Gasteiger partial charge in [0.15, 0.2) is 0 Å². The summed E-state index contributed by atoms with van der Waals surface area (Å²) in [5, 5.41) is 9.21. The van der Waals surface area contributed by atoms with Crippen LogP contribution in [-0.2, 0) is 10.2 Å². The van der Waals surface area contributed by atoms with Gasteiger partial charge in [0.2, 0.25) is 6.10 Å². The summed E-state index contributed by atoms with van der Waals surface area (Å²) >= 11 is 6.21. The molecule has 0 fully saturated rings. The fourth-order valence-corrected chi connectivity index (χ4v) is 3.06. The number of carbonyl (C=O) groups is 1. The number of halogens is 4. The zero-order chi connectivity index (χ0) is 21.6. The molecule has 0 aromatic heterocycles. The van der Waals surface area contributed by atoms with Crippen molar-refractivity contribution >= 4 is 23.6 Å². The van der Waals surface area contributed by atoms with Gasteiger partial charge in [-0.3, -0.25) is 0 Å². The third-order valence-electron chi connectivity index (χ3n) is 4.37. The van der Waals surface area contributed by atoms with Crippen molar-refractivity contribution in [3.8, 4) is 17.2 Å². The first-order chi connectivity index (χ1) is 13.4. The molecule has 0 radical (unpaired) electrons. The van der Waals surface area contributed by atoms with Crippen LogP contribution >= 0.6 is 11.6 Å². The molecule has 4 nitrogen and oxygen atoms in total. The maximum atomic E-state index is 13.2. The van der Waals surface area contributed by atoms with Gasteiger partial charge < -0.3 is 14.6 Å². The molecule has 154 valence electrons. The van der Waals surface area contributed by atoms with Gasteiger partial charge in [0, 0.05) is 11.6 Å². The van der Waals surface area contributed by atoms with E-state index in [1.54, 1.807) is 12.1 Å². The van der Waals surface area contributed by atoms with Crippen LogP contribution in [-0.4, -0.2) is 23.4 Å². The molecule has 1 atom stereocenters. The zero-order valence-electron chi connectivity index (χ0n) is 15.8. The van der Waals surface area contributed by atoms with Gasteiger partial charge in [-0.2, -0.15) is 13.2 Å². The highest BCUT2D eigenvalue weighted by Crippen LogP contribution is 2.42. The molecule has 1 N–H and O–H groups in total. The molecule has 0 aliphatic carbocycles. The summed E-state index contributed by atoms with van der Waals surface area (Å²) in [5.41, 5.74) is 0.0999. The normalized spacial score (nSPS) is 16.5. The van der Waals surface area contributed by atoms with Gasteiger partial charge in [-0.1, -0.05) is 44.5 Å². The molecule has 1 unspecified atom stereocenters. The molecule has 1 heterocycles. The molecule has 0 spiro atoms. The summed E-state index contributed by atoms with van der Waals surface area (Å²) < 4.78 is 50.5. The van der Waals surface area contributed by atoms with E-state index in [2.05, 4.69) is 0 Å². The SMILES string of the molecule is CC(C)(C)c1cccc(Oc2cc3c(cc2Cl)C=C(C(=O)O)C(C(F)(F)F)O3)c1. The molecule has 0 saturated carbocycles. The van der Waals surface area contributed by atoms with Gasteiger partial charge >= 0.3 is 12.1 Å². The molecule has 29 heavy (non-hydrogen) atoms. The van der Waals surface area contributed by atoms with Crippen LogP contribution in [0.5, 0.6) is 17.2 Å². The van der Waals surface area contributed by atoms with E-state index < -0.39 is 23.8 Å². The van der Waals surface area contributed by atoms with Crippen molar-refractivity contribution in [1.82, 2.24) is 0 Å². The number of fused-ring (bicyclic) bond motifs is 1. The average molecular weight is 427 g/mol. The minimum absolute atomic E-state index is 0.101. The summed E-state index contributed by atoms with van der Waals surface area (Å²) in [5.74, 6) is -1.31. The molecule has 1 aliphatic rings. The van der Waals surface area contributed by atoms with Crippen LogP contribution in [0, 0.1) is 0 Å². The average Bonchev–Trinajstić information content (AvgIpc) is 2.60. The fraction of sp³-hybridized carbons (Fsp3) is 0.286. The first kappa shape index (κ1) is 21.0. The molecular weight excluding hydrogens is 409 g/mol. The van der Waals surface area contributed by atoms with E-state index in [0.717, 1.165) is 11.6 Å². The number of carboxylic acids is 1. The summed E-state index contributed by atoms with van der Waals surface area (Å²) in [6.45, 7) is 6.11. The van der Waals surface area contributed by atoms with Crippen LogP contribution in [0.3, 0.4) is 0 Å². The number of rotatable bonds is 3. The minimum atomic E-state index is -4.89. The van der Waals surface area contributed by atoms with Crippen LogP contribution in [0.4, 0.5) is 13.2 Å². The van der Waals surface area contributed by atoms with Crippen LogP contribution in [0.25, 0.3) is 6.08 Å². The van der Waals surface area contributed by atoms with Crippen molar-refractivity contribution in [2.45, 2.75) is 38.5 Å². The topological polar surface area (TPSA) is 55.8 Å². The highest BCUT2D eigenvalue weighted by molar-refractivity contribution is 6.32. The van der Waals surface area contributed by atoms with Crippen LogP contribution < -0.4 is 9.47 Å². The van der Waals surface area contributed by atoms with Crippen molar-refractivity contribution in [3.63, 3.8) is 0 Å². The summed E-state index contributed by atoms with van der Waals surface area (Å²) in [7, 11) is 0. The smallest absolute Gasteiger partial charge is 0.430 e. The summed E-state index contributed by atoms with van der Waals surface area (Å²) in [4.78, 5) is 11.2. The second-order valence-corrected chi connectivity index (χ2v) is 8.05. The monoisotopic (exact) mass is 426 g/mol. The van der Waals surface area contributed by atoms with Crippen LogP contribution in [0.1, 0.15) is 31.9 Å². The van der Waals surface area contributed by atoms with Crippen molar-refractivity contribution < 1.29 is 32.5 Å². The fourth-order valence-electron chi connectivity index (χ4n) is 2.85. The highest BCUT2D eigenvalue weighted by atomic mass is 35.5. The second kappa shape index (κ2) is 7.30. The summed E-state index contributed by atoms with van der Waals surface area (Å²) in [6, 6.07) is 9.81. The highest BCUT2D eigenvalue weighted by Gasteiger charge is 2.48. The van der Waals surface area contributed by atoms with Gasteiger partial charge in [0.05, 0.1) is 10.6 Å². The third-order valence-corrected chi connectivity index (χ3v) is 4.67. The summed E-state index contributed by atoms with van der Waals surface area (Å²) in [6.07, 6.45) is -6.55. The Kier molecular flexibility index (Phi) is 5.30. The molecule has 2 aromatic rings. The Balaban J connectivity index is 1.99. The standard InChI is InChI=1S/C21H18ClF3O4/c1-20(2,3)12-5-4-6-13(9-12)28-17-10-16-11(8-15(17)22)7-14(19(26)27)18(29-16)21(23,24)25/h4-10,18H,1-3H3,(H,26,27). The van der Waals surface area contributed by atoms with Crippen LogP contribution in [0.2, 0.25) is 5.02 Å². The Labute approximate surface area is 170 Å². The lowest BCUT2D eigenvalue weighted by atomic mass is 9.87. The molecular formula is C21H18ClF3O4. The Morgan fingerprint density at radius 2 is 1.86 bits per heavy atom. The molecule has 0 amide bonds. The quantitative estimate of drug-likeness (QED) is 0.633. The second-order valence-electron chi connectivity index (χ2n) is 7.64. The van der Waals surface area contributed by atoms with E-state index in [1.807, 2.05) is 32.9 Å².